The van der Waals surface area contributed by atoms with Gasteiger partial charge in [0.2, 0.25) is 5.91 Å². The summed E-state index contributed by atoms with van der Waals surface area (Å²) in [5.74, 6) is -0.287. The second-order valence-electron chi connectivity index (χ2n) is 5.07. The molecular weight excluding hydrogens is 256 g/mol. The van der Waals surface area contributed by atoms with Gasteiger partial charge in [-0.05, 0) is 26.0 Å². The molecule has 1 N–H and O–H groups in total. The maximum absolute atomic E-state index is 12.0. The summed E-state index contributed by atoms with van der Waals surface area (Å²) < 4.78 is 5.39. The van der Waals surface area contributed by atoms with E-state index in [1.807, 2.05) is 26.0 Å². The van der Waals surface area contributed by atoms with Gasteiger partial charge in [0, 0.05) is 18.7 Å². The third-order valence-electron chi connectivity index (χ3n) is 3.27. The molecule has 2 amide bonds. The average molecular weight is 276 g/mol. The highest BCUT2D eigenvalue weighted by Gasteiger charge is 2.21. The molecule has 1 atom stereocenters. The highest BCUT2D eigenvalue weighted by atomic mass is 16.5. The number of benzene rings is 1. The van der Waals surface area contributed by atoms with E-state index >= 15 is 0 Å². The van der Waals surface area contributed by atoms with Crippen LogP contribution in [0.15, 0.2) is 24.3 Å². The van der Waals surface area contributed by atoms with E-state index in [1.165, 1.54) is 0 Å². The Morgan fingerprint density at radius 3 is 2.95 bits per heavy atom. The van der Waals surface area contributed by atoms with E-state index < -0.39 is 0 Å². The summed E-state index contributed by atoms with van der Waals surface area (Å²) in [6.07, 6.45) is 0.0557. The zero-order chi connectivity index (χ0) is 14.5. The summed E-state index contributed by atoms with van der Waals surface area (Å²) in [4.78, 5) is 25.7. The molecule has 5 heteroatoms. The summed E-state index contributed by atoms with van der Waals surface area (Å²) in [5, 5.41) is 2.67. The summed E-state index contributed by atoms with van der Waals surface area (Å²) in [7, 11) is 0. The van der Waals surface area contributed by atoms with Crippen molar-refractivity contribution in [3.8, 4) is 0 Å². The lowest BCUT2D eigenvalue weighted by Gasteiger charge is -2.31. The van der Waals surface area contributed by atoms with Gasteiger partial charge in [-0.1, -0.05) is 17.7 Å². The smallest absolute Gasteiger partial charge is 0.251 e. The number of nitrogens with one attached hydrogen (secondary N) is 1. The van der Waals surface area contributed by atoms with Crippen molar-refractivity contribution in [3.63, 3.8) is 0 Å². The molecule has 1 heterocycles. The van der Waals surface area contributed by atoms with E-state index in [0.717, 1.165) is 5.56 Å². The monoisotopic (exact) mass is 276 g/mol. The van der Waals surface area contributed by atoms with Gasteiger partial charge < -0.3 is 15.0 Å². The molecular formula is C15H20N2O3. The van der Waals surface area contributed by atoms with Gasteiger partial charge in [0.15, 0.2) is 0 Å². The first-order chi connectivity index (χ1) is 9.56. The van der Waals surface area contributed by atoms with Crippen molar-refractivity contribution in [1.82, 2.24) is 10.2 Å². The minimum Gasteiger partial charge on any atom is -0.375 e. The van der Waals surface area contributed by atoms with Crippen molar-refractivity contribution >= 4 is 11.8 Å². The molecule has 0 saturated carbocycles. The Morgan fingerprint density at radius 2 is 2.25 bits per heavy atom. The van der Waals surface area contributed by atoms with Crippen LogP contribution in [0.1, 0.15) is 22.8 Å². The molecule has 1 saturated heterocycles. The Labute approximate surface area is 118 Å². The SMILES string of the molecule is Cc1cccc(C(=O)NCC(=O)N2CCOC(C)C2)c1. The summed E-state index contributed by atoms with van der Waals surface area (Å²) >= 11 is 0. The van der Waals surface area contributed by atoms with E-state index in [4.69, 9.17) is 4.74 Å². The molecule has 20 heavy (non-hydrogen) atoms. The summed E-state index contributed by atoms with van der Waals surface area (Å²) in [6.45, 7) is 5.61. The van der Waals surface area contributed by atoms with Crippen LogP contribution in [0.5, 0.6) is 0 Å². The van der Waals surface area contributed by atoms with Crippen LogP contribution in [0.4, 0.5) is 0 Å². The Hall–Kier alpha value is -1.88. The summed E-state index contributed by atoms with van der Waals surface area (Å²) in [6, 6.07) is 7.30. The second kappa shape index (κ2) is 6.52. The van der Waals surface area contributed by atoms with E-state index in [0.29, 0.717) is 25.3 Å². The molecule has 0 aromatic heterocycles. The maximum atomic E-state index is 12.0. The molecule has 1 aliphatic rings. The third-order valence-corrected chi connectivity index (χ3v) is 3.27. The molecule has 108 valence electrons. The van der Waals surface area contributed by atoms with Crippen molar-refractivity contribution in [3.05, 3.63) is 35.4 Å². The molecule has 5 nitrogen and oxygen atoms in total. The van der Waals surface area contributed by atoms with Crippen molar-refractivity contribution < 1.29 is 14.3 Å². The number of morpholine rings is 1. The highest BCUT2D eigenvalue weighted by molar-refractivity contribution is 5.96. The van der Waals surface area contributed by atoms with Gasteiger partial charge in [-0.3, -0.25) is 9.59 Å². The molecule has 1 aromatic rings. The molecule has 0 spiro atoms. The first-order valence-electron chi connectivity index (χ1n) is 6.80. The third kappa shape index (κ3) is 3.81. The number of hydrogen-bond donors (Lipinski definition) is 1. The van der Waals surface area contributed by atoms with Gasteiger partial charge in [0.1, 0.15) is 0 Å². The molecule has 1 unspecified atom stereocenters. The molecule has 0 bridgehead atoms. The number of nitrogens with zero attached hydrogens (tertiary/aromatic N) is 1. The largest absolute Gasteiger partial charge is 0.375 e. The fourth-order valence-corrected chi connectivity index (χ4v) is 2.20. The van der Waals surface area contributed by atoms with Crippen molar-refractivity contribution in [1.29, 1.82) is 0 Å². The molecule has 2 rings (SSSR count). The number of amides is 2. The number of rotatable bonds is 3. The van der Waals surface area contributed by atoms with Gasteiger partial charge >= 0.3 is 0 Å². The van der Waals surface area contributed by atoms with Gasteiger partial charge in [-0.2, -0.15) is 0 Å². The highest BCUT2D eigenvalue weighted by Crippen LogP contribution is 2.05. The zero-order valence-electron chi connectivity index (χ0n) is 11.9. The first-order valence-corrected chi connectivity index (χ1v) is 6.80. The van der Waals surface area contributed by atoms with Crippen LogP contribution in [-0.4, -0.2) is 49.1 Å². The number of carbonyl (C=O) groups excluding carboxylic acids is 2. The van der Waals surface area contributed by atoms with Crippen LogP contribution < -0.4 is 5.32 Å². The average Bonchev–Trinajstić information content (AvgIpc) is 2.44. The van der Waals surface area contributed by atoms with Gasteiger partial charge in [-0.25, -0.2) is 0 Å². The van der Waals surface area contributed by atoms with Crippen LogP contribution in [0.2, 0.25) is 0 Å². The minimum atomic E-state index is -0.219. The zero-order valence-corrected chi connectivity index (χ0v) is 11.9. The van der Waals surface area contributed by atoms with Gasteiger partial charge in [0.05, 0.1) is 19.3 Å². The number of ether oxygens (including phenoxy) is 1. The van der Waals surface area contributed by atoms with Crippen LogP contribution >= 0.6 is 0 Å². The van der Waals surface area contributed by atoms with Crippen molar-refractivity contribution in [2.45, 2.75) is 20.0 Å². The maximum Gasteiger partial charge on any atom is 0.251 e. The van der Waals surface area contributed by atoms with E-state index in [2.05, 4.69) is 5.32 Å². The van der Waals surface area contributed by atoms with Crippen LogP contribution in [0.3, 0.4) is 0 Å². The van der Waals surface area contributed by atoms with E-state index in [1.54, 1.807) is 17.0 Å². The molecule has 1 aliphatic heterocycles. The topological polar surface area (TPSA) is 58.6 Å². The predicted octanol–water partition coefficient (Wildman–Crippen LogP) is 0.972. The number of aryl methyl sites for hydroxylation is 1. The van der Waals surface area contributed by atoms with Crippen molar-refractivity contribution in [2.24, 2.45) is 0 Å². The molecule has 0 radical (unpaired) electrons. The quantitative estimate of drug-likeness (QED) is 0.895. The molecule has 0 aliphatic carbocycles. The lowest BCUT2D eigenvalue weighted by molar-refractivity contribution is -0.137. The van der Waals surface area contributed by atoms with Crippen LogP contribution in [0, 0.1) is 6.92 Å². The van der Waals surface area contributed by atoms with E-state index in [-0.39, 0.29) is 24.5 Å². The van der Waals surface area contributed by atoms with Crippen molar-refractivity contribution in [2.75, 3.05) is 26.2 Å². The Bertz CT molecular complexity index is 502. The first kappa shape index (κ1) is 14.5. The lowest BCUT2D eigenvalue weighted by atomic mass is 10.1. The molecule has 1 aromatic carbocycles. The molecule has 1 fully saturated rings. The minimum absolute atomic E-state index is 0.0273. The number of carbonyl (C=O) groups is 2. The Kier molecular flexibility index (Phi) is 4.74. The lowest BCUT2D eigenvalue weighted by Crippen LogP contribution is -2.48. The van der Waals surface area contributed by atoms with Crippen LogP contribution in [-0.2, 0) is 9.53 Å². The van der Waals surface area contributed by atoms with Gasteiger partial charge in [0.25, 0.3) is 5.91 Å². The normalized spacial score (nSPS) is 18.7. The van der Waals surface area contributed by atoms with E-state index in [9.17, 15) is 9.59 Å². The van der Waals surface area contributed by atoms with Gasteiger partial charge in [-0.15, -0.1) is 0 Å². The fraction of sp³-hybridized carbons (Fsp3) is 0.467. The Morgan fingerprint density at radius 1 is 1.45 bits per heavy atom. The number of hydrogen-bond acceptors (Lipinski definition) is 3. The fourth-order valence-electron chi connectivity index (χ4n) is 2.20. The standard InChI is InChI=1S/C15H20N2O3/c1-11-4-3-5-13(8-11)15(19)16-9-14(18)17-6-7-20-12(2)10-17/h3-5,8,12H,6-7,9-10H2,1-2H3,(H,16,19). The van der Waals surface area contributed by atoms with Crippen LogP contribution in [0.25, 0.3) is 0 Å². The Balaban J connectivity index is 1.85. The predicted molar refractivity (Wildman–Crippen MR) is 75.5 cm³/mol. The summed E-state index contributed by atoms with van der Waals surface area (Å²) in [5.41, 5.74) is 1.60. The second-order valence-corrected chi connectivity index (χ2v) is 5.07.